The Morgan fingerprint density at radius 1 is 1.50 bits per heavy atom. The highest BCUT2D eigenvalue weighted by molar-refractivity contribution is 5.80. The SMILES string of the molecule is CCC(CC(N)=NO)NCC(=O)NC(C)C. The van der Waals surface area contributed by atoms with Gasteiger partial charge in [-0.3, -0.25) is 4.79 Å². The van der Waals surface area contributed by atoms with Gasteiger partial charge in [-0.15, -0.1) is 0 Å². The van der Waals surface area contributed by atoms with E-state index in [0.717, 1.165) is 6.42 Å². The highest BCUT2D eigenvalue weighted by Gasteiger charge is 2.10. The van der Waals surface area contributed by atoms with Gasteiger partial charge in [0, 0.05) is 18.5 Å². The molecule has 0 radical (unpaired) electrons. The summed E-state index contributed by atoms with van der Waals surface area (Å²) < 4.78 is 0. The van der Waals surface area contributed by atoms with Gasteiger partial charge >= 0.3 is 0 Å². The first-order valence-electron chi connectivity index (χ1n) is 5.48. The van der Waals surface area contributed by atoms with Crippen LogP contribution in [0.1, 0.15) is 33.6 Å². The molecule has 0 aliphatic carbocycles. The van der Waals surface area contributed by atoms with Crippen LogP contribution >= 0.6 is 0 Å². The fourth-order valence-corrected chi connectivity index (χ4v) is 1.26. The van der Waals surface area contributed by atoms with E-state index < -0.39 is 0 Å². The van der Waals surface area contributed by atoms with Gasteiger partial charge in [-0.05, 0) is 20.3 Å². The molecule has 16 heavy (non-hydrogen) atoms. The maximum absolute atomic E-state index is 11.3. The number of carbonyl (C=O) groups excluding carboxylic acids is 1. The largest absolute Gasteiger partial charge is 0.409 e. The van der Waals surface area contributed by atoms with Crippen molar-refractivity contribution in [3.63, 3.8) is 0 Å². The van der Waals surface area contributed by atoms with Crippen LogP contribution < -0.4 is 16.4 Å². The lowest BCUT2D eigenvalue weighted by Crippen LogP contribution is -2.42. The van der Waals surface area contributed by atoms with E-state index >= 15 is 0 Å². The van der Waals surface area contributed by atoms with Gasteiger partial charge in [-0.25, -0.2) is 0 Å². The predicted octanol–water partition coefficient (Wildman–Crippen LogP) is 0.0157. The van der Waals surface area contributed by atoms with E-state index in [1.807, 2.05) is 20.8 Å². The van der Waals surface area contributed by atoms with Crippen LogP contribution in [0, 0.1) is 0 Å². The highest BCUT2D eigenvalue weighted by Crippen LogP contribution is 1.96. The van der Waals surface area contributed by atoms with Gasteiger partial charge in [0.2, 0.25) is 5.91 Å². The average Bonchev–Trinajstić information content (AvgIpc) is 2.22. The number of amides is 1. The van der Waals surface area contributed by atoms with Crippen molar-refractivity contribution in [1.82, 2.24) is 10.6 Å². The molecule has 0 aliphatic rings. The molecular formula is C10H22N4O2. The molecule has 0 saturated carbocycles. The Morgan fingerprint density at radius 3 is 2.56 bits per heavy atom. The van der Waals surface area contributed by atoms with Crippen LogP contribution in [-0.4, -0.2) is 35.6 Å². The van der Waals surface area contributed by atoms with E-state index in [-0.39, 0.29) is 30.4 Å². The number of nitrogens with zero attached hydrogens (tertiary/aromatic N) is 1. The topological polar surface area (TPSA) is 99.7 Å². The molecule has 0 aromatic rings. The molecule has 6 nitrogen and oxygen atoms in total. The summed E-state index contributed by atoms with van der Waals surface area (Å²) in [5, 5.41) is 17.2. The first-order chi connectivity index (χ1) is 7.49. The molecule has 0 aromatic heterocycles. The minimum absolute atomic E-state index is 0.0482. The molecule has 1 atom stereocenters. The van der Waals surface area contributed by atoms with Crippen molar-refractivity contribution in [1.29, 1.82) is 0 Å². The molecule has 94 valence electrons. The summed E-state index contributed by atoms with van der Waals surface area (Å²) in [6, 6.07) is 0.187. The molecule has 0 saturated heterocycles. The Bertz CT molecular complexity index is 241. The van der Waals surface area contributed by atoms with Crippen LogP contribution in [-0.2, 0) is 4.79 Å². The van der Waals surface area contributed by atoms with Crippen molar-refractivity contribution in [2.24, 2.45) is 10.9 Å². The van der Waals surface area contributed by atoms with Crippen molar-refractivity contribution in [3.05, 3.63) is 0 Å². The van der Waals surface area contributed by atoms with Crippen LogP contribution in [0.3, 0.4) is 0 Å². The molecule has 6 heteroatoms. The fraction of sp³-hybridized carbons (Fsp3) is 0.800. The van der Waals surface area contributed by atoms with E-state index in [4.69, 9.17) is 10.9 Å². The summed E-state index contributed by atoms with van der Waals surface area (Å²) in [6.07, 6.45) is 1.24. The third kappa shape index (κ3) is 7.05. The van der Waals surface area contributed by atoms with E-state index in [1.165, 1.54) is 0 Å². The number of rotatable bonds is 7. The Labute approximate surface area is 96.3 Å². The lowest BCUT2D eigenvalue weighted by Gasteiger charge is -2.16. The molecule has 0 bridgehead atoms. The normalized spacial score (nSPS) is 13.9. The number of nitrogens with one attached hydrogen (secondary N) is 2. The Hall–Kier alpha value is -1.30. The van der Waals surface area contributed by atoms with Crippen molar-refractivity contribution >= 4 is 11.7 Å². The zero-order chi connectivity index (χ0) is 12.6. The van der Waals surface area contributed by atoms with Gasteiger partial charge < -0.3 is 21.6 Å². The van der Waals surface area contributed by atoms with E-state index in [2.05, 4.69) is 15.8 Å². The maximum Gasteiger partial charge on any atom is 0.234 e. The number of carbonyl (C=O) groups is 1. The lowest BCUT2D eigenvalue weighted by atomic mass is 10.1. The van der Waals surface area contributed by atoms with Gasteiger partial charge in [0.05, 0.1) is 6.54 Å². The Balaban J connectivity index is 3.91. The zero-order valence-electron chi connectivity index (χ0n) is 10.2. The number of oxime groups is 1. The third-order valence-corrected chi connectivity index (χ3v) is 2.08. The van der Waals surface area contributed by atoms with Gasteiger partial charge in [0.25, 0.3) is 0 Å². The van der Waals surface area contributed by atoms with Gasteiger partial charge in [0.1, 0.15) is 5.84 Å². The third-order valence-electron chi connectivity index (χ3n) is 2.08. The van der Waals surface area contributed by atoms with Crippen molar-refractivity contribution in [2.75, 3.05) is 6.54 Å². The smallest absolute Gasteiger partial charge is 0.234 e. The summed E-state index contributed by atoms with van der Waals surface area (Å²) >= 11 is 0. The van der Waals surface area contributed by atoms with Crippen LogP contribution in [0.2, 0.25) is 0 Å². The Morgan fingerprint density at radius 2 is 2.12 bits per heavy atom. The fourth-order valence-electron chi connectivity index (χ4n) is 1.26. The molecule has 1 unspecified atom stereocenters. The molecule has 0 aliphatic heterocycles. The van der Waals surface area contributed by atoms with Crippen molar-refractivity contribution in [2.45, 2.75) is 45.7 Å². The molecule has 0 rings (SSSR count). The zero-order valence-corrected chi connectivity index (χ0v) is 10.2. The molecular weight excluding hydrogens is 208 g/mol. The molecule has 0 fully saturated rings. The minimum atomic E-state index is -0.0482. The van der Waals surface area contributed by atoms with Crippen LogP contribution in [0.15, 0.2) is 5.16 Å². The van der Waals surface area contributed by atoms with E-state index in [0.29, 0.717) is 6.42 Å². The van der Waals surface area contributed by atoms with Crippen molar-refractivity contribution < 1.29 is 10.0 Å². The summed E-state index contributed by atoms with van der Waals surface area (Å²) in [5.41, 5.74) is 5.40. The molecule has 1 amide bonds. The molecule has 0 spiro atoms. The second-order valence-electron chi connectivity index (χ2n) is 4.00. The van der Waals surface area contributed by atoms with Gasteiger partial charge in [0.15, 0.2) is 0 Å². The Kier molecular flexibility index (Phi) is 7.28. The van der Waals surface area contributed by atoms with E-state index in [1.54, 1.807) is 0 Å². The molecule has 5 N–H and O–H groups in total. The first-order valence-corrected chi connectivity index (χ1v) is 5.48. The maximum atomic E-state index is 11.3. The summed E-state index contributed by atoms with van der Waals surface area (Å²) in [4.78, 5) is 11.3. The lowest BCUT2D eigenvalue weighted by molar-refractivity contribution is -0.120. The van der Waals surface area contributed by atoms with Crippen LogP contribution in [0.4, 0.5) is 0 Å². The first kappa shape index (κ1) is 14.7. The standard InChI is InChI=1S/C10H22N4O2/c1-4-8(5-9(11)14-16)12-6-10(15)13-7(2)3/h7-8,12,16H,4-6H2,1-3H3,(H2,11,14)(H,13,15). The second-order valence-corrected chi connectivity index (χ2v) is 4.00. The molecule has 0 heterocycles. The van der Waals surface area contributed by atoms with Gasteiger partial charge in [-0.1, -0.05) is 12.1 Å². The van der Waals surface area contributed by atoms with Crippen LogP contribution in [0.5, 0.6) is 0 Å². The number of hydrogen-bond donors (Lipinski definition) is 4. The molecule has 0 aromatic carbocycles. The number of hydrogen-bond acceptors (Lipinski definition) is 4. The number of nitrogens with two attached hydrogens (primary N) is 1. The quantitative estimate of drug-likeness (QED) is 0.214. The summed E-state index contributed by atoms with van der Waals surface area (Å²) in [7, 11) is 0. The summed E-state index contributed by atoms with van der Waals surface area (Å²) in [6.45, 7) is 6.04. The summed E-state index contributed by atoms with van der Waals surface area (Å²) in [5.74, 6) is 0.122. The monoisotopic (exact) mass is 230 g/mol. The van der Waals surface area contributed by atoms with Gasteiger partial charge in [-0.2, -0.15) is 0 Å². The number of amidine groups is 1. The van der Waals surface area contributed by atoms with E-state index in [9.17, 15) is 4.79 Å². The minimum Gasteiger partial charge on any atom is -0.409 e. The predicted molar refractivity (Wildman–Crippen MR) is 63.4 cm³/mol. The van der Waals surface area contributed by atoms with Crippen LogP contribution in [0.25, 0.3) is 0 Å². The van der Waals surface area contributed by atoms with Crippen molar-refractivity contribution in [3.8, 4) is 0 Å². The second kappa shape index (κ2) is 7.92. The average molecular weight is 230 g/mol. The highest BCUT2D eigenvalue weighted by atomic mass is 16.4.